The van der Waals surface area contributed by atoms with Gasteiger partial charge in [-0.2, -0.15) is 0 Å². The number of piperidine rings is 2. The molecule has 0 radical (unpaired) electrons. The third-order valence-corrected chi connectivity index (χ3v) is 8.65. The van der Waals surface area contributed by atoms with Crippen LogP contribution >= 0.6 is 12.4 Å². The van der Waals surface area contributed by atoms with Gasteiger partial charge in [0.05, 0.1) is 6.42 Å². The first-order valence-corrected chi connectivity index (χ1v) is 15.1. The molecule has 5 rings (SSSR count). The van der Waals surface area contributed by atoms with Crippen LogP contribution in [0.2, 0.25) is 0 Å². The summed E-state index contributed by atoms with van der Waals surface area (Å²) >= 11 is 0. The van der Waals surface area contributed by atoms with E-state index in [1.807, 2.05) is 12.4 Å². The number of fused-ring (bicyclic) bond motifs is 1. The van der Waals surface area contributed by atoms with Crippen LogP contribution in [0.15, 0.2) is 67.0 Å². The zero-order valence-electron chi connectivity index (χ0n) is 23.8. The molecular weight excluding hydrogens is 518 g/mol. The van der Waals surface area contributed by atoms with Gasteiger partial charge < -0.3 is 20.4 Å². The van der Waals surface area contributed by atoms with Gasteiger partial charge in [-0.25, -0.2) is 0 Å². The van der Waals surface area contributed by atoms with Crippen LogP contribution < -0.4 is 15.5 Å². The highest BCUT2D eigenvalue weighted by Gasteiger charge is 2.23. The number of pyridine rings is 1. The highest BCUT2D eigenvalue weighted by molar-refractivity contribution is 5.90. The van der Waals surface area contributed by atoms with E-state index in [1.54, 1.807) is 0 Å². The quantitative estimate of drug-likeness (QED) is 0.292. The standard InChI is InChI=1S/C33H45N5O.ClH/c39-33(24-30-8-5-7-29-6-1-2-9-32(29)30)38-22-14-28(15-23-38)26-36-17-4-3-16-35-25-27-12-20-37(21-13-27)31-10-18-34-19-11-31;/h1-2,5-11,18-19,27-28,35-36H,3-4,12-17,20-26H2;1H. The number of rotatable bonds is 12. The molecule has 2 fully saturated rings. The Morgan fingerprint density at radius 1 is 0.775 bits per heavy atom. The summed E-state index contributed by atoms with van der Waals surface area (Å²) in [6.07, 6.45) is 11.5. The Kier molecular flexibility index (Phi) is 12.1. The second-order valence-corrected chi connectivity index (χ2v) is 11.4. The fraction of sp³-hybridized carbons (Fsp3) is 0.515. The highest BCUT2D eigenvalue weighted by atomic mass is 35.5. The molecule has 0 saturated carbocycles. The maximum Gasteiger partial charge on any atom is 0.227 e. The number of nitrogens with zero attached hydrogens (tertiary/aromatic N) is 3. The van der Waals surface area contributed by atoms with Crippen molar-refractivity contribution in [1.29, 1.82) is 0 Å². The van der Waals surface area contributed by atoms with Crippen molar-refractivity contribution in [3.05, 3.63) is 72.6 Å². The van der Waals surface area contributed by atoms with Gasteiger partial charge in [0.1, 0.15) is 0 Å². The number of amides is 1. The number of unbranched alkanes of at least 4 members (excludes halogenated alkanes) is 1. The molecule has 7 heteroatoms. The third kappa shape index (κ3) is 8.66. The van der Waals surface area contributed by atoms with E-state index >= 15 is 0 Å². The molecule has 0 spiro atoms. The Morgan fingerprint density at radius 2 is 1.38 bits per heavy atom. The van der Waals surface area contributed by atoms with E-state index in [0.717, 1.165) is 76.7 Å². The molecule has 2 saturated heterocycles. The summed E-state index contributed by atoms with van der Waals surface area (Å²) < 4.78 is 0. The molecule has 1 aromatic heterocycles. The minimum Gasteiger partial charge on any atom is -0.371 e. The Balaban J connectivity index is 0.00000370. The monoisotopic (exact) mass is 563 g/mol. The van der Waals surface area contributed by atoms with Crippen LogP contribution in [-0.4, -0.2) is 68.1 Å². The number of hydrogen-bond donors (Lipinski definition) is 2. The SMILES string of the molecule is Cl.O=C(Cc1cccc2ccccc12)N1CCC(CNCCCCNCC2CCN(c3ccncc3)CC2)CC1. The first-order chi connectivity index (χ1) is 19.3. The summed E-state index contributed by atoms with van der Waals surface area (Å²) in [6, 6.07) is 18.9. The molecule has 2 N–H and O–H groups in total. The van der Waals surface area contributed by atoms with Gasteiger partial charge in [-0.1, -0.05) is 42.5 Å². The van der Waals surface area contributed by atoms with Crippen LogP contribution in [0.5, 0.6) is 0 Å². The number of halogens is 1. The average molecular weight is 564 g/mol. The maximum atomic E-state index is 13.0. The van der Waals surface area contributed by atoms with Crippen LogP contribution in [-0.2, 0) is 11.2 Å². The molecule has 40 heavy (non-hydrogen) atoms. The summed E-state index contributed by atoms with van der Waals surface area (Å²) in [6.45, 7) is 8.51. The van der Waals surface area contributed by atoms with Gasteiger partial charge in [-0.3, -0.25) is 9.78 Å². The predicted octanol–water partition coefficient (Wildman–Crippen LogP) is 5.31. The molecule has 216 valence electrons. The Labute approximate surface area is 246 Å². The van der Waals surface area contributed by atoms with Gasteiger partial charge in [0.25, 0.3) is 0 Å². The van der Waals surface area contributed by atoms with Crippen molar-refractivity contribution in [1.82, 2.24) is 20.5 Å². The molecule has 6 nitrogen and oxygen atoms in total. The zero-order valence-corrected chi connectivity index (χ0v) is 24.6. The summed E-state index contributed by atoms with van der Waals surface area (Å²) in [5.74, 6) is 1.75. The smallest absolute Gasteiger partial charge is 0.227 e. The normalized spacial score (nSPS) is 16.7. The number of likely N-dealkylation sites (tertiary alicyclic amines) is 1. The Morgan fingerprint density at radius 3 is 2.05 bits per heavy atom. The van der Waals surface area contributed by atoms with E-state index in [4.69, 9.17) is 0 Å². The second kappa shape index (κ2) is 15.9. The maximum absolute atomic E-state index is 13.0. The van der Waals surface area contributed by atoms with Crippen molar-refractivity contribution in [2.24, 2.45) is 11.8 Å². The number of nitrogens with one attached hydrogen (secondary N) is 2. The van der Waals surface area contributed by atoms with E-state index in [2.05, 4.69) is 80.0 Å². The molecule has 3 aromatic rings. The highest BCUT2D eigenvalue weighted by Crippen LogP contribution is 2.23. The molecule has 0 aliphatic carbocycles. The number of hydrogen-bond acceptors (Lipinski definition) is 5. The van der Waals surface area contributed by atoms with E-state index < -0.39 is 0 Å². The molecule has 0 unspecified atom stereocenters. The summed E-state index contributed by atoms with van der Waals surface area (Å²) in [5, 5.41) is 9.79. The average Bonchev–Trinajstić information content (AvgIpc) is 3.00. The second-order valence-electron chi connectivity index (χ2n) is 11.4. The van der Waals surface area contributed by atoms with Crippen LogP contribution in [0.1, 0.15) is 44.1 Å². The Bertz CT molecular complexity index is 1150. The van der Waals surface area contributed by atoms with Crippen molar-refractivity contribution in [3.8, 4) is 0 Å². The topological polar surface area (TPSA) is 60.5 Å². The van der Waals surface area contributed by atoms with Gasteiger partial charge in [0.2, 0.25) is 5.91 Å². The van der Waals surface area contributed by atoms with Crippen molar-refractivity contribution in [2.75, 3.05) is 57.3 Å². The largest absolute Gasteiger partial charge is 0.371 e. The van der Waals surface area contributed by atoms with Crippen molar-refractivity contribution >= 4 is 34.8 Å². The molecule has 1 amide bonds. The first-order valence-electron chi connectivity index (χ1n) is 15.1. The van der Waals surface area contributed by atoms with Crippen molar-refractivity contribution in [3.63, 3.8) is 0 Å². The van der Waals surface area contributed by atoms with Crippen molar-refractivity contribution in [2.45, 2.75) is 44.9 Å². The molecule has 0 atom stereocenters. The molecule has 0 bridgehead atoms. The summed E-state index contributed by atoms with van der Waals surface area (Å²) in [7, 11) is 0. The lowest BCUT2D eigenvalue weighted by Crippen LogP contribution is -2.41. The minimum atomic E-state index is 0. The van der Waals surface area contributed by atoms with Crippen LogP contribution in [0.25, 0.3) is 10.8 Å². The number of benzene rings is 2. The lowest BCUT2D eigenvalue weighted by molar-refractivity contribution is -0.131. The van der Waals surface area contributed by atoms with Crippen molar-refractivity contribution < 1.29 is 4.79 Å². The van der Waals surface area contributed by atoms with E-state index in [9.17, 15) is 4.79 Å². The minimum absolute atomic E-state index is 0. The van der Waals surface area contributed by atoms with E-state index in [0.29, 0.717) is 12.3 Å². The van der Waals surface area contributed by atoms with Gasteiger partial charge in [0.15, 0.2) is 0 Å². The van der Waals surface area contributed by atoms with Gasteiger partial charge in [-0.15, -0.1) is 12.4 Å². The van der Waals surface area contributed by atoms with Gasteiger partial charge in [0, 0.05) is 44.3 Å². The molecular formula is C33H46ClN5O. The third-order valence-electron chi connectivity index (χ3n) is 8.65. The molecule has 2 aliphatic rings. The van der Waals surface area contributed by atoms with Gasteiger partial charge >= 0.3 is 0 Å². The number of anilines is 1. The number of carbonyl (C=O) groups excluding carboxylic acids is 1. The summed E-state index contributed by atoms with van der Waals surface area (Å²) in [4.78, 5) is 21.7. The number of carbonyl (C=O) groups is 1. The lowest BCUT2D eigenvalue weighted by atomic mass is 9.95. The van der Waals surface area contributed by atoms with E-state index in [-0.39, 0.29) is 18.3 Å². The van der Waals surface area contributed by atoms with Gasteiger partial charge in [-0.05, 0) is 105 Å². The van der Waals surface area contributed by atoms with Crippen LogP contribution in [0, 0.1) is 11.8 Å². The molecule has 2 aliphatic heterocycles. The van der Waals surface area contributed by atoms with Crippen LogP contribution in [0.4, 0.5) is 5.69 Å². The first kappa shape index (κ1) is 30.3. The lowest BCUT2D eigenvalue weighted by Gasteiger charge is -2.33. The fourth-order valence-electron chi connectivity index (χ4n) is 6.17. The molecule has 3 heterocycles. The fourth-order valence-corrected chi connectivity index (χ4v) is 6.17. The van der Waals surface area contributed by atoms with Crippen LogP contribution in [0.3, 0.4) is 0 Å². The Hall–Kier alpha value is -2.67. The number of aromatic nitrogens is 1. The zero-order chi connectivity index (χ0) is 26.7. The summed E-state index contributed by atoms with van der Waals surface area (Å²) in [5.41, 5.74) is 2.45. The molecule has 2 aromatic carbocycles. The van der Waals surface area contributed by atoms with E-state index in [1.165, 1.54) is 42.1 Å². The predicted molar refractivity (Wildman–Crippen MR) is 168 cm³/mol.